The maximum Gasteiger partial charge on any atom is 0.270 e. The Balaban J connectivity index is 2.05. The molecule has 1 aliphatic heterocycles. The van der Waals surface area contributed by atoms with Crippen LogP contribution in [0.2, 0.25) is 0 Å². The SMILES string of the molecule is COc1ccc(CN(C)c2ccc([N+](=O)[O-])cc2S(=O)(=O)N2CCOCC2)c(OC)c1OC. The summed E-state index contributed by atoms with van der Waals surface area (Å²) in [6.45, 7) is 1.13. The first-order valence-electron chi connectivity index (χ1n) is 10.1. The smallest absolute Gasteiger partial charge is 0.270 e. The molecule has 2 aromatic carbocycles. The van der Waals surface area contributed by atoms with Crippen molar-refractivity contribution in [1.29, 1.82) is 0 Å². The number of nitro groups is 1. The van der Waals surface area contributed by atoms with E-state index in [9.17, 15) is 18.5 Å². The van der Waals surface area contributed by atoms with Crippen LogP contribution in [-0.4, -0.2) is 72.3 Å². The maximum atomic E-state index is 13.4. The van der Waals surface area contributed by atoms with Gasteiger partial charge in [-0.3, -0.25) is 10.1 Å². The first kappa shape index (κ1) is 24.6. The summed E-state index contributed by atoms with van der Waals surface area (Å²) in [5, 5.41) is 11.4. The predicted molar refractivity (Wildman–Crippen MR) is 121 cm³/mol. The van der Waals surface area contributed by atoms with Crippen molar-refractivity contribution in [3.8, 4) is 17.2 Å². The number of nitrogens with zero attached hydrogens (tertiary/aromatic N) is 3. The molecule has 0 radical (unpaired) electrons. The number of ether oxygens (including phenoxy) is 4. The van der Waals surface area contributed by atoms with Crippen molar-refractivity contribution in [2.24, 2.45) is 0 Å². The van der Waals surface area contributed by atoms with Crippen LogP contribution >= 0.6 is 0 Å². The van der Waals surface area contributed by atoms with Gasteiger partial charge in [0.25, 0.3) is 5.69 Å². The first-order valence-corrected chi connectivity index (χ1v) is 11.5. The highest BCUT2D eigenvalue weighted by molar-refractivity contribution is 7.89. The van der Waals surface area contributed by atoms with E-state index in [1.165, 1.54) is 37.8 Å². The van der Waals surface area contributed by atoms with E-state index in [0.717, 1.165) is 6.07 Å². The van der Waals surface area contributed by atoms with Crippen LogP contribution in [0.3, 0.4) is 0 Å². The van der Waals surface area contributed by atoms with Crippen LogP contribution < -0.4 is 19.1 Å². The van der Waals surface area contributed by atoms with Crippen LogP contribution in [-0.2, 0) is 21.3 Å². The third kappa shape index (κ3) is 4.97. The zero-order chi connectivity index (χ0) is 24.2. The van der Waals surface area contributed by atoms with E-state index in [0.29, 0.717) is 28.5 Å². The predicted octanol–water partition coefficient (Wildman–Crippen LogP) is 2.28. The minimum Gasteiger partial charge on any atom is -0.493 e. The van der Waals surface area contributed by atoms with E-state index in [4.69, 9.17) is 18.9 Å². The Hall–Kier alpha value is -3.09. The standard InChI is InChI=1S/C21H27N3O8S/c1-22(14-15-5-8-18(29-2)21(31-4)20(15)30-3)17-7-6-16(24(25)26)13-19(17)33(27,28)23-9-11-32-12-10-23/h5-8,13H,9-12,14H2,1-4H3. The minimum atomic E-state index is -3.99. The number of methoxy groups -OCH3 is 3. The van der Waals surface area contributed by atoms with Gasteiger partial charge in [0.2, 0.25) is 15.8 Å². The second kappa shape index (κ2) is 10.2. The zero-order valence-corrected chi connectivity index (χ0v) is 19.8. The van der Waals surface area contributed by atoms with Gasteiger partial charge in [-0.2, -0.15) is 4.31 Å². The molecule has 3 rings (SSSR count). The molecular formula is C21H27N3O8S. The van der Waals surface area contributed by atoms with Gasteiger partial charge in [-0.25, -0.2) is 8.42 Å². The number of nitro benzene ring substituents is 1. The molecule has 33 heavy (non-hydrogen) atoms. The van der Waals surface area contributed by atoms with E-state index in [1.54, 1.807) is 24.1 Å². The average molecular weight is 482 g/mol. The minimum absolute atomic E-state index is 0.138. The fraction of sp³-hybridized carbons (Fsp3) is 0.429. The molecule has 0 aliphatic carbocycles. The largest absolute Gasteiger partial charge is 0.493 e. The van der Waals surface area contributed by atoms with Gasteiger partial charge in [-0.05, 0) is 18.2 Å². The Morgan fingerprint density at radius 3 is 2.30 bits per heavy atom. The Labute approximate surface area is 192 Å². The number of rotatable bonds is 9. The second-order valence-corrected chi connectivity index (χ2v) is 9.18. The molecule has 0 N–H and O–H groups in total. The summed E-state index contributed by atoms with van der Waals surface area (Å²) in [6.07, 6.45) is 0. The molecule has 0 saturated carbocycles. The van der Waals surface area contributed by atoms with E-state index in [-0.39, 0.29) is 43.4 Å². The lowest BCUT2D eigenvalue weighted by atomic mass is 10.1. The van der Waals surface area contributed by atoms with Gasteiger partial charge < -0.3 is 23.8 Å². The summed E-state index contributed by atoms with van der Waals surface area (Å²) in [5.41, 5.74) is 0.734. The van der Waals surface area contributed by atoms with Gasteiger partial charge in [0.15, 0.2) is 11.5 Å². The highest BCUT2D eigenvalue weighted by Gasteiger charge is 2.31. The molecule has 0 aromatic heterocycles. The lowest BCUT2D eigenvalue weighted by molar-refractivity contribution is -0.385. The Morgan fingerprint density at radius 2 is 1.73 bits per heavy atom. The third-order valence-electron chi connectivity index (χ3n) is 5.35. The molecule has 0 spiro atoms. The molecule has 11 nitrogen and oxygen atoms in total. The summed E-state index contributed by atoms with van der Waals surface area (Å²) in [5.74, 6) is 1.35. The van der Waals surface area contributed by atoms with Crippen molar-refractivity contribution in [3.63, 3.8) is 0 Å². The van der Waals surface area contributed by atoms with Crippen LogP contribution in [0.1, 0.15) is 5.56 Å². The van der Waals surface area contributed by atoms with Crippen molar-refractivity contribution in [2.45, 2.75) is 11.4 Å². The average Bonchev–Trinajstić information content (AvgIpc) is 2.83. The molecule has 1 fully saturated rings. The van der Waals surface area contributed by atoms with Crippen molar-refractivity contribution in [2.75, 3.05) is 59.6 Å². The van der Waals surface area contributed by atoms with Crippen LogP contribution in [0.15, 0.2) is 35.2 Å². The molecule has 1 saturated heterocycles. The van der Waals surface area contributed by atoms with E-state index in [1.807, 2.05) is 0 Å². The fourth-order valence-electron chi connectivity index (χ4n) is 3.69. The Bertz CT molecular complexity index is 1120. The number of hydrogen-bond donors (Lipinski definition) is 0. The second-order valence-electron chi connectivity index (χ2n) is 7.28. The van der Waals surface area contributed by atoms with Crippen LogP contribution in [0.25, 0.3) is 0 Å². The van der Waals surface area contributed by atoms with Gasteiger partial charge in [0, 0.05) is 44.4 Å². The van der Waals surface area contributed by atoms with Gasteiger partial charge in [-0.15, -0.1) is 0 Å². The maximum absolute atomic E-state index is 13.4. The summed E-state index contributed by atoms with van der Waals surface area (Å²) in [7, 11) is 2.22. The summed E-state index contributed by atoms with van der Waals surface area (Å²) < 4.78 is 49.6. The van der Waals surface area contributed by atoms with Crippen molar-refractivity contribution >= 4 is 21.4 Å². The lowest BCUT2D eigenvalue weighted by Crippen LogP contribution is -2.41. The van der Waals surface area contributed by atoms with Crippen LogP contribution in [0.5, 0.6) is 17.2 Å². The molecule has 1 heterocycles. The fourth-order valence-corrected chi connectivity index (χ4v) is 5.36. The van der Waals surface area contributed by atoms with E-state index >= 15 is 0 Å². The Morgan fingerprint density at radius 1 is 1.06 bits per heavy atom. The third-order valence-corrected chi connectivity index (χ3v) is 7.27. The molecular weight excluding hydrogens is 454 g/mol. The molecule has 180 valence electrons. The topological polar surface area (TPSA) is 121 Å². The molecule has 1 aliphatic rings. The van der Waals surface area contributed by atoms with Gasteiger partial charge in [0.05, 0.1) is 45.2 Å². The first-order chi connectivity index (χ1) is 15.7. The monoisotopic (exact) mass is 481 g/mol. The van der Waals surface area contributed by atoms with Crippen molar-refractivity contribution in [3.05, 3.63) is 46.0 Å². The van der Waals surface area contributed by atoms with Gasteiger partial charge >= 0.3 is 0 Å². The summed E-state index contributed by atoms with van der Waals surface area (Å²) >= 11 is 0. The molecule has 0 amide bonds. The van der Waals surface area contributed by atoms with Crippen LogP contribution in [0.4, 0.5) is 11.4 Å². The van der Waals surface area contributed by atoms with Gasteiger partial charge in [0.1, 0.15) is 4.90 Å². The quantitative estimate of drug-likeness (QED) is 0.392. The van der Waals surface area contributed by atoms with E-state index < -0.39 is 14.9 Å². The number of non-ortho nitro benzene ring substituents is 1. The number of morpholine rings is 1. The molecule has 2 aromatic rings. The van der Waals surface area contributed by atoms with Crippen LogP contribution in [0, 0.1) is 10.1 Å². The summed E-state index contributed by atoms with van der Waals surface area (Å²) in [6, 6.07) is 7.35. The number of hydrogen-bond acceptors (Lipinski definition) is 9. The number of sulfonamides is 1. The highest BCUT2D eigenvalue weighted by Crippen LogP contribution is 2.41. The number of benzene rings is 2. The van der Waals surface area contributed by atoms with Crippen molar-refractivity contribution in [1.82, 2.24) is 4.31 Å². The molecule has 0 atom stereocenters. The Kier molecular flexibility index (Phi) is 7.61. The normalized spacial score (nSPS) is 14.5. The van der Waals surface area contributed by atoms with Gasteiger partial charge in [-0.1, -0.05) is 0 Å². The summed E-state index contributed by atoms with van der Waals surface area (Å²) in [4.78, 5) is 12.3. The molecule has 0 bridgehead atoms. The lowest BCUT2D eigenvalue weighted by Gasteiger charge is -2.29. The number of anilines is 1. The van der Waals surface area contributed by atoms with E-state index in [2.05, 4.69) is 0 Å². The zero-order valence-electron chi connectivity index (χ0n) is 18.9. The van der Waals surface area contributed by atoms with Crippen molar-refractivity contribution < 1.29 is 32.3 Å². The highest BCUT2D eigenvalue weighted by atomic mass is 32.2. The molecule has 0 unspecified atom stereocenters. The molecule has 12 heteroatoms.